The SMILES string of the molecule is Cc1c([C@@H](C)NC(=O)c2ccc(=O)n(CC(=O)N3CCCCC3)c2)cnn1C. The Morgan fingerprint density at radius 1 is 1.21 bits per heavy atom. The van der Waals surface area contributed by atoms with Gasteiger partial charge in [0.1, 0.15) is 6.54 Å². The number of carbonyl (C=O) groups is 2. The zero-order chi connectivity index (χ0) is 20.3. The van der Waals surface area contributed by atoms with Crippen molar-refractivity contribution in [3.8, 4) is 0 Å². The van der Waals surface area contributed by atoms with Crippen molar-refractivity contribution in [2.45, 2.75) is 45.7 Å². The second-order valence-corrected chi connectivity index (χ2v) is 7.33. The van der Waals surface area contributed by atoms with E-state index in [1.165, 1.54) is 22.9 Å². The molecule has 150 valence electrons. The van der Waals surface area contributed by atoms with E-state index in [4.69, 9.17) is 0 Å². The molecule has 0 aliphatic carbocycles. The molecule has 0 radical (unpaired) electrons. The summed E-state index contributed by atoms with van der Waals surface area (Å²) in [5.41, 5.74) is 1.96. The normalized spacial score (nSPS) is 15.3. The van der Waals surface area contributed by atoms with Crippen LogP contribution in [0.5, 0.6) is 0 Å². The Bertz CT molecular complexity index is 924. The molecule has 1 saturated heterocycles. The van der Waals surface area contributed by atoms with Crippen LogP contribution in [-0.4, -0.2) is 44.2 Å². The molecule has 1 N–H and O–H groups in total. The molecule has 8 nitrogen and oxygen atoms in total. The first kappa shape index (κ1) is 19.9. The van der Waals surface area contributed by atoms with Crippen molar-refractivity contribution in [3.63, 3.8) is 0 Å². The first-order chi connectivity index (χ1) is 13.4. The number of aromatic nitrogens is 3. The maximum atomic E-state index is 12.6. The minimum atomic E-state index is -0.296. The van der Waals surface area contributed by atoms with Crippen LogP contribution in [0.3, 0.4) is 0 Å². The number of nitrogens with zero attached hydrogens (tertiary/aromatic N) is 4. The summed E-state index contributed by atoms with van der Waals surface area (Å²) in [6.45, 7) is 5.25. The van der Waals surface area contributed by atoms with Gasteiger partial charge in [-0.05, 0) is 39.2 Å². The quantitative estimate of drug-likeness (QED) is 0.842. The summed E-state index contributed by atoms with van der Waals surface area (Å²) >= 11 is 0. The van der Waals surface area contributed by atoms with Gasteiger partial charge in [-0.2, -0.15) is 5.10 Å². The van der Waals surface area contributed by atoms with Crippen molar-refractivity contribution in [1.29, 1.82) is 0 Å². The van der Waals surface area contributed by atoms with Crippen LogP contribution in [0, 0.1) is 6.92 Å². The van der Waals surface area contributed by atoms with E-state index in [-0.39, 0.29) is 30.0 Å². The number of piperidine rings is 1. The molecule has 28 heavy (non-hydrogen) atoms. The summed E-state index contributed by atoms with van der Waals surface area (Å²) in [5, 5.41) is 7.12. The molecular formula is C20H27N5O3. The number of rotatable bonds is 5. The lowest BCUT2D eigenvalue weighted by Gasteiger charge is -2.27. The highest BCUT2D eigenvalue weighted by Crippen LogP contribution is 2.16. The van der Waals surface area contributed by atoms with Gasteiger partial charge in [-0.25, -0.2) is 0 Å². The molecule has 0 unspecified atom stereocenters. The predicted molar refractivity (Wildman–Crippen MR) is 105 cm³/mol. The minimum Gasteiger partial charge on any atom is -0.345 e. The van der Waals surface area contributed by atoms with Crippen molar-refractivity contribution in [1.82, 2.24) is 24.6 Å². The molecular weight excluding hydrogens is 358 g/mol. The van der Waals surface area contributed by atoms with Crippen molar-refractivity contribution >= 4 is 11.8 Å². The van der Waals surface area contributed by atoms with Crippen molar-refractivity contribution in [2.24, 2.45) is 7.05 Å². The Labute approximate surface area is 164 Å². The number of hydrogen-bond donors (Lipinski definition) is 1. The van der Waals surface area contributed by atoms with Crippen LogP contribution < -0.4 is 10.9 Å². The van der Waals surface area contributed by atoms with Gasteiger partial charge in [-0.3, -0.25) is 19.1 Å². The molecule has 0 saturated carbocycles. The van der Waals surface area contributed by atoms with E-state index in [2.05, 4.69) is 10.4 Å². The predicted octanol–water partition coefficient (Wildman–Crippen LogP) is 1.39. The van der Waals surface area contributed by atoms with Gasteiger partial charge in [-0.1, -0.05) is 0 Å². The average molecular weight is 385 g/mol. The van der Waals surface area contributed by atoms with Gasteiger partial charge >= 0.3 is 0 Å². The van der Waals surface area contributed by atoms with Gasteiger partial charge in [0.2, 0.25) is 5.91 Å². The van der Waals surface area contributed by atoms with E-state index in [9.17, 15) is 14.4 Å². The lowest BCUT2D eigenvalue weighted by molar-refractivity contribution is -0.132. The largest absolute Gasteiger partial charge is 0.345 e. The molecule has 2 amide bonds. The second-order valence-electron chi connectivity index (χ2n) is 7.33. The zero-order valence-corrected chi connectivity index (χ0v) is 16.6. The van der Waals surface area contributed by atoms with Gasteiger partial charge in [0.05, 0.1) is 17.8 Å². The maximum absolute atomic E-state index is 12.6. The Morgan fingerprint density at radius 2 is 1.93 bits per heavy atom. The molecule has 1 aliphatic rings. The van der Waals surface area contributed by atoms with E-state index < -0.39 is 0 Å². The monoisotopic (exact) mass is 385 g/mol. The number of amides is 2. The third kappa shape index (κ3) is 4.32. The van der Waals surface area contributed by atoms with Crippen molar-refractivity contribution in [3.05, 3.63) is 51.7 Å². The molecule has 0 spiro atoms. The lowest BCUT2D eigenvalue weighted by atomic mass is 10.1. The van der Waals surface area contributed by atoms with E-state index >= 15 is 0 Å². The molecule has 0 bridgehead atoms. The van der Waals surface area contributed by atoms with E-state index in [1.807, 2.05) is 20.9 Å². The maximum Gasteiger partial charge on any atom is 0.253 e. The van der Waals surface area contributed by atoms with Crippen molar-refractivity contribution in [2.75, 3.05) is 13.1 Å². The second kappa shape index (κ2) is 8.41. The summed E-state index contributed by atoms with van der Waals surface area (Å²) in [5.74, 6) is -0.381. The van der Waals surface area contributed by atoms with Crippen LogP contribution in [0.1, 0.15) is 53.8 Å². The molecule has 1 atom stereocenters. The van der Waals surface area contributed by atoms with E-state index in [0.29, 0.717) is 5.56 Å². The van der Waals surface area contributed by atoms with Crippen LogP contribution in [0.4, 0.5) is 0 Å². The highest BCUT2D eigenvalue weighted by atomic mass is 16.2. The lowest BCUT2D eigenvalue weighted by Crippen LogP contribution is -2.39. The summed E-state index contributed by atoms with van der Waals surface area (Å²) in [6.07, 6.45) is 6.32. The fourth-order valence-electron chi connectivity index (χ4n) is 3.48. The average Bonchev–Trinajstić information content (AvgIpc) is 3.03. The smallest absolute Gasteiger partial charge is 0.253 e. The first-order valence-corrected chi connectivity index (χ1v) is 9.64. The number of likely N-dealkylation sites (tertiary alicyclic amines) is 1. The van der Waals surface area contributed by atoms with Crippen LogP contribution in [0.25, 0.3) is 0 Å². The third-order valence-electron chi connectivity index (χ3n) is 5.35. The summed E-state index contributed by atoms with van der Waals surface area (Å²) in [7, 11) is 1.85. The van der Waals surface area contributed by atoms with Crippen LogP contribution in [-0.2, 0) is 18.4 Å². The Kier molecular flexibility index (Phi) is 5.96. The number of pyridine rings is 1. The fraction of sp³-hybridized carbons (Fsp3) is 0.500. The molecule has 2 aromatic rings. The van der Waals surface area contributed by atoms with Crippen LogP contribution in [0.2, 0.25) is 0 Å². The minimum absolute atomic E-state index is 0.0444. The number of nitrogens with one attached hydrogen (secondary N) is 1. The van der Waals surface area contributed by atoms with Gasteiger partial charge < -0.3 is 14.8 Å². The first-order valence-electron chi connectivity index (χ1n) is 9.64. The van der Waals surface area contributed by atoms with Crippen LogP contribution in [0.15, 0.2) is 29.3 Å². The molecule has 2 aromatic heterocycles. The Morgan fingerprint density at radius 3 is 2.57 bits per heavy atom. The number of hydrogen-bond acceptors (Lipinski definition) is 4. The topological polar surface area (TPSA) is 89.2 Å². The molecule has 1 fully saturated rings. The van der Waals surface area contributed by atoms with E-state index in [0.717, 1.165) is 43.6 Å². The fourth-order valence-corrected chi connectivity index (χ4v) is 3.48. The van der Waals surface area contributed by atoms with E-state index in [1.54, 1.807) is 15.8 Å². The standard InChI is InChI=1S/C20H27N5O3/c1-14(17-11-21-23(3)15(17)2)22-20(28)16-7-8-18(26)25(12-16)13-19(27)24-9-5-4-6-10-24/h7-8,11-12,14H,4-6,9-10,13H2,1-3H3,(H,22,28)/t14-/m1/s1. The summed E-state index contributed by atoms with van der Waals surface area (Å²) < 4.78 is 3.07. The summed E-state index contributed by atoms with van der Waals surface area (Å²) in [6, 6.07) is 2.59. The molecule has 8 heteroatoms. The Balaban J connectivity index is 1.71. The highest BCUT2D eigenvalue weighted by Gasteiger charge is 2.19. The van der Waals surface area contributed by atoms with Gasteiger partial charge in [0, 0.05) is 43.7 Å². The number of aryl methyl sites for hydroxylation is 1. The summed E-state index contributed by atoms with van der Waals surface area (Å²) in [4.78, 5) is 39.0. The van der Waals surface area contributed by atoms with Gasteiger partial charge in [-0.15, -0.1) is 0 Å². The number of carbonyl (C=O) groups excluding carboxylic acids is 2. The van der Waals surface area contributed by atoms with Gasteiger partial charge in [0.25, 0.3) is 11.5 Å². The zero-order valence-electron chi connectivity index (χ0n) is 16.6. The molecule has 1 aliphatic heterocycles. The molecule has 0 aromatic carbocycles. The molecule has 3 rings (SSSR count). The highest BCUT2D eigenvalue weighted by molar-refractivity contribution is 5.94. The van der Waals surface area contributed by atoms with Crippen LogP contribution >= 0.6 is 0 Å². The third-order valence-corrected chi connectivity index (χ3v) is 5.35. The Hall–Kier alpha value is -2.90. The van der Waals surface area contributed by atoms with Crippen molar-refractivity contribution < 1.29 is 9.59 Å². The molecule has 3 heterocycles. The van der Waals surface area contributed by atoms with Gasteiger partial charge in [0.15, 0.2) is 0 Å².